The zero-order valence-electron chi connectivity index (χ0n) is 18.4. The molecule has 0 radical (unpaired) electrons. The number of amidine groups is 1. The molecule has 1 atom stereocenters. The first kappa shape index (κ1) is 23.9. The fourth-order valence-corrected chi connectivity index (χ4v) is 7.32. The van der Waals surface area contributed by atoms with Gasteiger partial charge in [0.05, 0.1) is 16.9 Å². The smallest absolute Gasteiger partial charge is 0.274 e. The number of ether oxygens (including phenoxy) is 1. The van der Waals surface area contributed by atoms with Crippen molar-refractivity contribution >= 4 is 39.6 Å². The van der Waals surface area contributed by atoms with Crippen molar-refractivity contribution in [2.24, 2.45) is 10.7 Å². The van der Waals surface area contributed by atoms with Gasteiger partial charge in [-0.25, -0.2) is 9.37 Å². The molecule has 1 aromatic carbocycles. The lowest BCUT2D eigenvalue weighted by Crippen LogP contribution is -2.63. The van der Waals surface area contributed by atoms with Crippen LogP contribution in [0.5, 0.6) is 0 Å². The Kier molecular flexibility index (Phi) is 5.95. The summed E-state index contributed by atoms with van der Waals surface area (Å²) in [6.45, 7) is 3.31. The summed E-state index contributed by atoms with van der Waals surface area (Å²) in [6, 6.07) is 5.66. The third-order valence-electron chi connectivity index (χ3n) is 6.45. The number of pyridine rings is 1. The highest BCUT2D eigenvalue weighted by atomic mass is 35.5. The van der Waals surface area contributed by atoms with E-state index in [1.807, 2.05) is 0 Å². The number of hydrogen-bond donors (Lipinski definition) is 4. The number of aromatic nitrogens is 1. The summed E-state index contributed by atoms with van der Waals surface area (Å²) in [5.74, 6) is -1.19. The number of benzene rings is 1. The lowest BCUT2D eigenvalue weighted by Gasteiger charge is -2.61. The van der Waals surface area contributed by atoms with Gasteiger partial charge in [0.2, 0.25) is 0 Å². The van der Waals surface area contributed by atoms with Gasteiger partial charge in [-0.1, -0.05) is 11.6 Å². The van der Waals surface area contributed by atoms with Gasteiger partial charge in [0.25, 0.3) is 5.91 Å². The number of nitrogens with zero attached hydrogens (tertiary/aromatic N) is 2. The van der Waals surface area contributed by atoms with Crippen LogP contribution in [0.1, 0.15) is 41.4 Å². The zero-order chi connectivity index (χ0) is 24.2. The van der Waals surface area contributed by atoms with Crippen molar-refractivity contribution < 1.29 is 23.0 Å². The first-order chi connectivity index (χ1) is 15.4. The van der Waals surface area contributed by atoms with Gasteiger partial charge in [0.15, 0.2) is 0 Å². The lowest BCUT2D eigenvalue weighted by atomic mass is 9.79. The van der Waals surface area contributed by atoms with Gasteiger partial charge in [-0.2, -0.15) is 10.6 Å². The van der Waals surface area contributed by atoms with Gasteiger partial charge in [-0.3, -0.25) is 18.9 Å². The molecule has 4 rings (SSSR count). The fraction of sp³-hybridized carbons (Fsp3) is 0.409. The molecule has 1 amide bonds. The van der Waals surface area contributed by atoms with E-state index < -0.39 is 32.6 Å². The Hall–Kier alpha value is -2.24. The summed E-state index contributed by atoms with van der Waals surface area (Å²) in [7, 11) is -1.70. The second kappa shape index (κ2) is 8.21. The van der Waals surface area contributed by atoms with Crippen molar-refractivity contribution in [3.8, 4) is 0 Å². The molecular weight excluding hydrogens is 471 g/mol. The molecule has 0 saturated heterocycles. The van der Waals surface area contributed by atoms with Gasteiger partial charge in [-0.05, 0) is 43.7 Å². The fourth-order valence-electron chi connectivity index (χ4n) is 4.54. The van der Waals surface area contributed by atoms with E-state index in [0.29, 0.717) is 29.1 Å². The minimum Gasteiger partial charge on any atom is -0.386 e. The molecule has 33 heavy (non-hydrogen) atoms. The summed E-state index contributed by atoms with van der Waals surface area (Å²) in [5, 5.41) is 3.11. The number of amides is 1. The normalized spacial score (nSPS) is 29.2. The largest absolute Gasteiger partial charge is 0.386 e. The summed E-state index contributed by atoms with van der Waals surface area (Å²) < 4.78 is 41.3. The topological polar surface area (TPSA) is 130 Å². The molecule has 1 fully saturated rings. The number of methoxy groups -OCH3 is 1. The third-order valence-corrected chi connectivity index (χ3v) is 9.42. The van der Waals surface area contributed by atoms with E-state index in [-0.39, 0.29) is 28.9 Å². The van der Waals surface area contributed by atoms with E-state index in [1.165, 1.54) is 24.4 Å². The molecule has 5 N–H and O–H groups in total. The number of rotatable bonds is 4. The van der Waals surface area contributed by atoms with Crippen LogP contribution in [-0.4, -0.2) is 49.5 Å². The Labute approximate surface area is 197 Å². The molecule has 2 aliphatic rings. The van der Waals surface area contributed by atoms with E-state index >= 15 is 0 Å². The Morgan fingerprint density at radius 2 is 2.06 bits per heavy atom. The molecule has 11 heteroatoms. The second-order valence-corrected chi connectivity index (χ2v) is 11.7. The van der Waals surface area contributed by atoms with Crippen LogP contribution >= 0.6 is 22.2 Å². The number of carbonyl (C=O) groups excluding carboxylic acids is 1. The first-order valence-corrected chi connectivity index (χ1v) is 12.4. The first-order valence-electron chi connectivity index (χ1n) is 10.3. The van der Waals surface area contributed by atoms with Crippen LogP contribution in [0.3, 0.4) is 0 Å². The predicted molar refractivity (Wildman–Crippen MR) is 128 cm³/mol. The number of carbonyl (C=O) groups is 1. The number of nitrogens with two attached hydrogens (primary N) is 1. The Bertz CT molecular complexity index is 1160. The maximum Gasteiger partial charge on any atom is 0.274 e. The van der Waals surface area contributed by atoms with E-state index in [9.17, 15) is 18.3 Å². The molecule has 1 saturated carbocycles. The molecule has 8 nitrogen and oxygen atoms in total. The molecular formula is C22H26ClFN4O4S. The maximum atomic E-state index is 14.9. The van der Waals surface area contributed by atoms with Crippen LogP contribution in [0.15, 0.2) is 35.5 Å². The highest BCUT2D eigenvalue weighted by Crippen LogP contribution is 2.67. The highest BCUT2D eigenvalue weighted by Gasteiger charge is 2.61. The number of nitrogens with one attached hydrogen (secondary N) is 1. The SMILES string of the molecule is COC1CC2(C1)C(N)=N[C@](C)(c1cc(NC(=O)c3ncc(Cl)cc3C)ccc1F)CS2(O)O. The van der Waals surface area contributed by atoms with Crippen LogP contribution in [0.25, 0.3) is 0 Å². The van der Waals surface area contributed by atoms with Crippen molar-refractivity contribution in [1.29, 1.82) is 0 Å². The van der Waals surface area contributed by atoms with Crippen molar-refractivity contribution in [2.75, 3.05) is 18.2 Å². The predicted octanol–water partition coefficient (Wildman–Crippen LogP) is 4.32. The average Bonchev–Trinajstić information content (AvgIpc) is 2.67. The van der Waals surface area contributed by atoms with Gasteiger partial charge < -0.3 is 15.8 Å². The van der Waals surface area contributed by atoms with Crippen LogP contribution in [0, 0.1) is 12.7 Å². The van der Waals surface area contributed by atoms with E-state index in [4.69, 9.17) is 22.1 Å². The Morgan fingerprint density at radius 3 is 2.67 bits per heavy atom. The van der Waals surface area contributed by atoms with Crippen molar-refractivity contribution in [2.45, 2.75) is 43.1 Å². The molecule has 0 unspecified atom stereocenters. The molecule has 2 heterocycles. The molecule has 0 bridgehead atoms. The minimum atomic E-state index is -3.25. The maximum absolute atomic E-state index is 14.9. The Balaban J connectivity index is 1.66. The minimum absolute atomic E-state index is 0.0828. The number of halogens is 2. The summed E-state index contributed by atoms with van der Waals surface area (Å²) >= 11 is 5.90. The van der Waals surface area contributed by atoms with Gasteiger partial charge in [-0.15, -0.1) is 0 Å². The van der Waals surface area contributed by atoms with Gasteiger partial charge >= 0.3 is 0 Å². The van der Waals surface area contributed by atoms with Crippen LogP contribution in [0.2, 0.25) is 5.02 Å². The van der Waals surface area contributed by atoms with E-state index in [2.05, 4.69) is 15.3 Å². The van der Waals surface area contributed by atoms with Crippen molar-refractivity contribution in [3.63, 3.8) is 0 Å². The Morgan fingerprint density at radius 1 is 1.36 bits per heavy atom. The van der Waals surface area contributed by atoms with Crippen molar-refractivity contribution in [3.05, 3.63) is 58.1 Å². The molecule has 2 aromatic rings. The van der Waals surface area contributed by atoms with Crippen LogP contribution in [0.4, 0.5) is 10.1 Å². The zero-order valence-corrected chi connectivity index (χ0v) is 20.0. The third kappa shape index (κ3) is 4.00. The summed E-state index contributed by atoms with van der Waals surface area (Å²) in [4.78, 5) is 21.3. The summed E-state index contributed by atoms with van der Waals surface area (Å²) in [5.41, 5.74) is 6.09. The number of aliphatic imine (C=N–C) groups is 1. The van der Waals surface area contributed by atoms with Gasteiger partial charge in [0.1, 0.15) is 27.6 Å². The monoisotopic (exact) mass is 496 g/mol. The molecule has 1 aliphatic carbocycles. The average molecular weight is 497 g/mol. The standard InChI is InChI=1S/C22H26ClFN4O4S/c1-12-6-13(23)10-26-18(12)19(29)27-14-4-5-17(24)16(7-14)21(2)11-33(30,31)22(20(25)28-21)8-15(9-22)32-3/h4-7,10,15,30-31H,8-9,11H2,1-3H3,(H2,25,28)(H,27,29)/t15?,21-,22?/m0/s1. The summed E-state index contributed by atoms with van der Waals surface area (Å²) in [6.07, 6.45) is 1.94. The lowest BCUT2D eigenvalue weighted by molar-refractivity contribution is 0.0264. The second-order valence-electron chi connectivity index (χ2n) is 8.81. The number of aryl methyl sites for hydroxylation is 1. The highest BCUT2D eigenvalue weighted by molar-refractivity contribution is 8.26. The molecule has 1 aliphatic heterocycles. The van der Waals surface area contributed by atoms with Crippen molar-refractivity contribution in [1.82, 2.24) is 4.98 Å². The van der Waals surface area contributed by atoms with Gasteiger partial charge in [0, 0.05) is 37.4 Å². The molecule has 1 aromatic heterocycles. The molecule has 178 valence electrons. The van der Waals surface area contributed by atoms with E-state index in [0.717, 1.165) is 0 Å². The molecule has 1 spiro atoms. The number of hydrogen-bond acceptors (Lipinski definition) is 7. The van der Waals surface area contributed by atoms with Crippen LogP contribution < -0.4 is 11.1 Å². The number of anilines is 1. The van der Waals surface area contributed by atoms with E-state index in [1.54, 1.807) is 27.0 Å². The quantitative estimate of drug-likeness (QED) is 0.498. The van der Waals surface area contributed by atoms with Crippen LogP contribution in [-0.2, 0) is 10.3 Å².